The minimum atomic E-state index is -5.18. The Labute approximate surface area is 262 Å². The van der Waals surface area contributed by atoms with E-state index in [9.17, 15) is 40.8 Å². The number of rotatable bonds is 14. The minimum Gasteiger partial charge on any atom is -0.415 e. The summed E-state index contributed by atoms with van der Waals surface area (Å²) in [7, 11) is 0. The van der Waals surface area contributed by atoms with Crippen molar-refractivity contribution in [3.63, 3.8) is 0 Å². The van der Waals surface area contributed by atoms with Gasteiger partial charge in [0.25, 0.3) is 11.8 Å². The van der Waals surface area contributed by atoms with Crippen molar-refractivity contribution < 1.29 is 44.8 Å². The van der Waals surface area contributed by atoms with E-state index in [4.69, 9.17) is 9.15 Å². The Morgan fingerprint density at radius 3 is 2.26 bits per heavy atom. The predicted octanol–water partition coefficient (Wildman–Crippen LogP) is 8.87. The molecule has 0 aliphatic rings. The monoisotopic (exact) mass is 665 g/mol. The number of benzene rings is 2. The lowest BCUT2D eigenvalue weighted by Gasteiger charge is -2.32. The third kappa shape index (κ3) is 7.82. The minimum absolute atomic E-state index is 0.00219. The molecule has 0 fully saturated rings. The summed E-state index contributed by atoms with van der Waals surface area (Å²) >= 11 is 0. The third-order valence-electron chi connectivity index (χ3n) is 6.95. The Bertz CT molecular complexity index is 1710. The SMILES string of the molecule is C=CCC[C@@](OCc1ccccc1)(c1nnc(-c2nc(NC(CC=C)c3ccc(F)cc3)c(C(F)(F)F)cc2[N+](=O)[O-])o1)C(F)(F)F. The molecule has 0 bridgehead atoms. The zero-order chi connectivity index (χ0) is 34.4. The van der Waals surface area contributed by atoms with Gasteiger partial charge < -0.3 is 14.5 Å². The van der Waals surface area contributed by atoms with Gasteiger partial charge in [0.2, 0.25) is 11.3 Å². The number of hydrogen-bond donors (Lipinski definition) is 1. The van der Waals surface area contributed by atoms with Gasteiger partial charge in [0.15, 0.2) is 0 Å². The normalized spacial score (nSPS) is 13.9. The van der Waals surface area contributed by atoms with E-state index in [2.05, 4.69) is 33.7 Å². The fourth-order valence-corrected chi connectivity index (χ4v) is 4.58. The number of allylic oxidation sites excluding steroid dienone is 1. The Morgan fingerprint density at radius 2 is 1.68 bits per heavy atom. The summed E-state index contributed by atoms with van der Waals surface area (Å²) in [5, 5.41) is 21.5. The second kappa shape index (κ2) is 14.1. The molecule has 2 aromatic heterocycles. The summed E-state index contributed by atoms with van der Waals surface area (Å²) in [5.74, 6) is -3.68. The highest BCUT2D eigenvalue weighted by atomic mass is 19.4. The van der Waals surface area contributed by atoms with E-state index in [1.165, 1.54) is 36.4 Å². The van der Waals surface area contributed by atoms with Gasteiger partial charge in [-0.1, -0.05) is 54.6 Å². The summed E-state index contributed by atoms with van der Waals surface area (Å²) in [6.45, 7) is 6.46. The van der Waals surface area contributed by atoms with Crippen LogP contribution >= 0.6 is 0 Å². The van der Waals surface area contributed by atoms with E-state index in [-0.39, 0.29) is 18.9 Å². The Hall–Kier alpha value is -5.12. The topological polar surface area (TPSA) is 116 Å². The van der Waals surface area contributed by atoms with Gasteiger partial charge in [-0.05, 0) is 42.5 Å². The molecule has 2 heterocycles. The molecule has 0 saturated carbocycles. The highest BCUT2D eigenvalue weighted by Crippen LogP contribution is 2.47. The quantitative estimate of drug-likeness (QED) is 0.0615. The lowest BCUT2D eigenvalue weighted by molar-refractivity contribution is -0.384. The molecule has 0 radical (unpaired) electrons. The van der Waals surface area contributed by atoms with E-state index in [0.717, 1.165) is 12.1 Å². The lowest BCUT2D eigenvalue weighted by atomic mass is 9.96. The van der Waals surface area contributed by atoms with Crippen LogP contribution in [-0.4, -0.2) is 26.3 Å². The van der Waals surface area contributed by atoms with Crippen LogP contribution in [-0.2, 0) is 23.1 Å². The molecule has 0 saturated heterocycles. The first kappa shape index (κ1) is 34.7. The van der Waals surface area contributed by atoms with Crippen molar-refractivity contribution in [1.29, 1.82) is 0 Å². The van der Waals surface area contributed by atoms with Gasteiger partial charge in [-0.3, -0.25) is 10.1 Å². The number of ether oxygens (including phenoxy) is 1. The van der Waals surface area contributed by atoms with E-state index in [0.29, 0.717) is 11.1 Å². The molecule has 47 heavy (non-hydrogen) atoms. The number of nitro groups is 1. The molecule has 0 amide bonds. The van der Waals surface area contributed by atoms with Crippen LogP contribution in [0.5, 0.6) is 0 Å². The second-order valence-corrected chi connectivity index (χ2v) is 10.1. The largest absolute Gasteiger partial charge is 0.426 e. The Balaban J connectivity index is 1.86. The van der Waals surface area contributed by atoms with Crippen LogP contribution in [0.1, 0.15) is 47.9 Å². The lowest BCUT2D eigenvalue weighted by Crippen LogP contribution is -2.45. The summed E-state index contributed by atoms with van der Waals surface area (Å²) in [5.41, 5.74) is -6.33. The van der Waals surface area contributed by atoms with Gasteiger partial charge in [0, 0.05) is 6.07 Å². The van der Waals surface area contributed by atoms with Gasteiger partial charge in [-0.2, -0.15) is 26.3 Å². The van der Waals surface area contributed by atoms with Crippen molar-refractivity contribution in [1.82, 2.24) is 15.2 Å². The molecule has 9 nitrogen and oxygen atoms in total. The van der Waals surface area contributed by atoms with Crippen LogP contribution < -0.4 is 5.32 Å². The number of anilines is 1. The zero-order valence-corrected chi connectivity index (χ0v) is 24.3. The van der Waals surface area contributed by atoms with Crippen LogP contribution in [0.4, 0.5) is 42.2 Å². The molecule has 1 unspecified atom stereocenters. The summed E-state index contributed by atoms with van der Waals surface area (Å²) in [6.07, 6.45) is -8.82. The molecule has 4 aromatic rings. The summed E-state index contributed by atoms with van der Waals surface area (Å²) < 4.78 is 111. The Morgan fingerprint density at radius 1 is 1.00 bits per heavy atom. The molecular weight excluding hydrogens is 639 g/mol. The maximum Gasteiger partial charge on any atom is 0.426 e. The molecule has 1 N–H and O–H groups in total. The van der Waals surface area contributed by atoms with Gasteiger partial charge in [0.05, 0.1) is 17.6 Å². The molecule has 4 rings (SSSR count). The number of nitrogens with zero attached hydrogens (tertiary/aromatic N) is 4. The fourth-order valence-electron chi connectivity index (χ4n) is 4.58. The van der Waals surface area contributed by atoms with E-state index in [1.807, 2.05) is 0 Å². The average Bonchev–Trinajstić information content (AvgIpc) is 3.51. The maximum absolute atomic E-state index is 14.8. The Kier molecular flexibility index (Phi) is 10.4. The molecule has 248 valence electrons. The van der Waals surface area contributed by atoms with E-state index < -0.39 is 82.3 Å². The van der Waals surface area contributed by atoms with Gasteiger partial charge in [0.1, 0.15) is 17.2 Å². The van der Waals surface area contributed by atoms with E-state index in [1.54, 1.807) is 18.2 Å². The molecule has 0 aliphatic carbocycles. The highest BCUT2D eigenvalue weighted by molar-refractivity contribution is 5.68. The standard InChI is InChI=1S/C31H26F7N5O4/c1-3-5-16-29(31(36,37)38,46-18-19-10-7-6-8-11-19)28-42-41-27(47-28)25-24(43(44)45)17-22(30(33,34)35)26(40-25)39-23(9-4-2)20-12-14-21(32)15-13-20/h3-4,6-8,10-15,17,23H,1-2,5,9,16,18H2,(H,39,40)/t23?,29-/m1/s1. The van der Waals surface area contributed by atoms with Crippen LogP contribution in [0.25, 0.3) is 11.6 Å². The van der Waals surface area contributed by atoms with Crippen LogP contribution in [0, 0.1) is 15.9 Å². The molecule has 0 aliphatic heterocycles. The van der Waals surface area contributed by atoms with Crippen molar-refractivity contribution in [3.05, 3.63) is 124 Å². The number of aromatic nitrogens is 3. The number of pyridine rings is 1. The van der Waals surface area contributed by atoms with Gasteiger partial charge in [-0.15, -0.1) is 23.4 Å². The molecular formula is C31H26F7N5O4. The fraction of sp³-hybridized carbons (Fsp3) is 0.258. The highest BCUT2D eigenvalue weighted by Gasteiger charge is 2.61. The third-order valence-corrected chi connectivity index (χ3v) is 6.95. The molecule has 2 atom stereocenters. The van der Waals surface area contributed by atoms with Crippen molar-refractivity contribution in [2.75, 3.05) is 5.32 Å². The van der Waals surface area contributed by atoms with Crippen LogP contribution in [0.2, 0.25) is 0 Å². The molecule has 2 aromatic carbocycles. The van der Waals surface area contributed by atoms with Crippen molar-refractivity contribution in [2.45, 2.75) is 49.9 Å². The van der Waals surface area contributed by atoms with Crippen LogP contribution in [0.15, 0.2) is 90.4 Å². The number of hydrogen-bond acceptors (Lipinski definition) is 8. The van der Waals surface area contributed by atoms with Crippen molar-refractivity contribution in [3.8, 4) is 11.6 Å². The van der Waals surface area contributed by atoms with E-state index >= 15 is 0 Å². The summed E-state index contributed by atoms with van der Waals surface area (Å²) in [4.78, 5) is 14.5. The van der Waals surface area contributed by atoms with Crippen molar-refractivity contribution >= 4 is 11.5 Å². The first-order valence-corrected chi connectivity index (χ1v) is 13.8. The number of alkyl halides is 6. The number of halogens is 7. The van der Waals surface area contributed by atoms with Crippen LogP contribution in [0.3, 0.4) is 0 Å². The molecule has 0 spiro atoms. The van der Waals surface area contributed by atoms with Gasteiger partial charge >= 0.3 is 18.0 Å². The average molecular weight is 666 g/mol. The smallest absolute Gasteiger partial charge is 0.415 e. The van der Waals surface area contributed by atoms with Crippen molar-refractivity contribution in [2.24, 2.45) is 0 Å². The second-order valence-electron chi connectivity index (χ2n) is 10.1. The first-order chi connectivity index (χ1) is 22.2. The maximum atomic E-state index is 14.8. The first-order valence-electron chi connectivity index (χ1n) is 13.8. The number of nitrogens with one attached hydrogen (secondary N) is 1. The predicted molar refractivity (Wildman–Crippen MR) is 155 cm³/mol. The summed E-state index contributed by atoms with van der Waals surface area (Å²) in [6, 6.07) is 11.8. The molecule has 16 heteroatoms. The zero-order valence-electron chi connectivity index (χ0n) is 24.3. The van der Waals surface area contributed by atoms with Gasteiger partial charge in [-0.25, -0.2) is 9.37 Å².